The molecule has 2 rings (SSSR count). The maximum absolute atomic E-state index is 12.3. The molecule has 0 bridgehead atoms. The lowest BCUT2D eigenvalue weighted by Crippen LogP contribution is -2.14. The molecule has 0 aliphatic heterocycles. The molecule has 1 aromatic carbocycles. The van der Waals surface area contributed by atoms with Gasteiger partial charge in [0.25, 0.3) is 10.0 Å². The Labute approximate surface area is 129 Å². The molecule has 1 N–H and O–H groups in total. The van der Waals surface area contributed by atoms with E-state index in [0.29, 0.717) is 16.3 Å². The zero-order chi connectivity index (χ0) is 14.2. The van der Waals surface area contributed by atoms with Gasteiger partial charge in [-0.15, -0.1) is 11.3 Å². The molecule has 3 nitrogen and oxygen atoms in total. The number of anilines is 1. The van der Waals surface area contributed by atoms with Crippen LogP contribution in [0.25, 0.3) is 0 Å². The highest BCUT2D eigenvalue weighted by molar-refractivity contribution is 9.11. The van der Waals surface area contributed by atoms with Crippen molar-refractivity contribution in [3.8, 4) is 0 Å². The van der Waals surface area contributed by atoms with E-state index >= 15 is 0 Å². The smallest absolute Gasteiger partial charge is 0.263 e. The van der Waals surface area contributed by atoms with Gasteiger partial charge in [-0.2, -0.15) is 0 Å². The number of halogens is 2. The Bertz CT molecular complexity index is 725. The highest BCUT2D eigenvalue weighted by atomic mass is 79.9. The molecular formula is C12H11BrClNO2S2. The molecule has 7 heteroatoms. The van der Waals surface area contributed by atoms with Crippen LogP contribution in [0, 0.1) is 13.8 Å². The summed E-state index contributed by atoms with van der Waals surface area (Å²) >= 11 is 10.7. The van der Waals surface area contributed by atoms with Crippen LogP contribution in [-0.4, -0.2) is 8.42 Å². The number of benzene rings is 1. The molecule has 0 fully saturated rings. The van der Waals surface area contributed by atoms with Crippen LogP contribution in [0.1, 0.15) is 10.4 Å². The summed E-state index contributed by atoms with van der Waals surface area (Å²) in [7, 11) is -3.59. The Morgan fingerprint density at radius 1 is 1.32 bits per heavy atom. The number of rotatable bonds is 3. The van der Waals surface area contributed by atoms with Gasteiger partial charge in [0.1, 0.15) is 4.90 Å². The van der Waals surface area contributed by atoms with Gasteiger partial charge in [-0.05, 0) is 53.5 Å². The van der Waals surface area contributed by atoms with Crippen molar-refractivity contribution in [1.82, 2.24) is 0 Å². The average Bonchev–Trinajstić information content (AvgIpc) is 2.65. The Morgan fingerprint density at radius 3 is 2.58 bits per heavy atom. The first kappa shape index (κ1) is 14.8. The second-order valence-corrected chi connectivity index (χ2v) is 8.68. The standard InChI is InChI=1S/C12H11BrClNO2S2/c1-7-9(14)4-3-5-10(7)15-19(16,17)11-6-12(13)18-8(11)2/h3-6,15H,1-2H3. The van der Waals surface area contributed by atoms with Crippen LogP contribution >= 0.6 is 38.9 Å². The van der Waals surface area contributed by atoms with Crippen molar-refractivity contribution in [3.05, 3.63) is 43.5 Å². The SMILES string of the molecule is Cc1sc(Br)cc1S(=O)(=O)Nc1cccc(Cl)c1C. The first-order valence-electron chi connectivity index (χ1n) is 5.35. The summed E-state index contributed by atoms with van der Waals surface area (Å²) in [6.07, 6.45) is 0. The van der Waals surface area contributed by atoms with Gasteiger partial charge in [-0.3, -0.25) is 4.72 Å². The van der Waals surface area contributed by atoms with Crippen molar-refractivity contribution < 1.29 is 8.42 Å². The number of hydrogen-bond donors (Lipinski definition) is 1. The highest BCUT2D eigenvalue weighted by Crippen LogP contribution is 2.32. The van der Waals surface area contributed by atoms with Crippen molar-refractivity contribution in [2.24, 2.45) is 0 Å². The van der Waals surface area contributed by atoms with E-state index in [9.17, 15) is 8.42 Å². The van der Waals surface area contributed by atoms with Crippen molar-refractivity contribution in [2.45, 2.75) is 18.7 Å². The first-order valence-corrected chi connectivity index (χ1v) is 8.82. The fourth-order valence-electron chi connectivity index (χ4n) is 1.62. The van der Waals surface area contributed by atoms with Crippen LogP contribution < -0.4 is 4.72 Å². The van der Waals surface area contributed by atoms with Crippen LogP contribution in [0.4, 0.5) is 5.69 Å². The monoisotopic (exact) mass is 379 g/mol. The minimum absolute atomic E-state index is 0.281. The zero-order valence-corrected chi connectivity index (χ0v) is 14.2. The first-order chi connectivity index (χ1) is 8.81. The van der Waals surface area contributed by atoms with Gasteiger partial charge in [-0.1, -0.05) is 17.7 Å². The number of thiophene rings is 1. The lowest BCUT2D eigenvalue weighted by molar-refractivity contribution is 0.601. The van der Waals surface area contributed by atoms with E-state index in [4.69, 9.17) is 11.6 Å². The topological polar surface area (TPSA) is 46.2 Å². The summed E-state index contributed by atoms with van der Waals surface area (Å²) in [6.45, 7) is 3.55. The second kappa shape index (κ2) is 5.44. The predicted molar refractivity (Wildman–Crippen MR) is 83.8 cm³/mol. The van der Waals surface area contributed by atoms with Crippen LogP contribution in [0.5, 0.6) is 0 Å². The third kappa shape index (κ3) is 3.13. The van der Waals surface area contributed by atoms with E-state index in [2.05, 4.69) is 20.7 Å². The number of nitrogens with one attached hydrogen (secondary N) is 1. The second-order valence-electron chi connectivity index (χ2n) is 3.99. The minimum Gasteiger partial charge on any atom is -0.279 e. The fourth-order valence-corrected chi connectivity index (χ4v) is 5.33. The molecule has 0 aliphatic rings. The maximum Gasteiger partial charge on any atom is 0.263 e. The van der Waals surface area contributed by atoms with Gasteiger partial charge in [0.2, 0.25) is 0 Å². The van der Waals surface area contributed by atoms with Gasteiger partial charge < -0.3 is 0 Å². The van der Waals surface area contributed by atoms with E-state index in [1.165, 1.54) is 11.3 Å². The van der Waals surface area contributed by atoms with Crippen molar-refractivity contribution in [1.29, 1.82) is 0 Å². The minimum atomic E-state index is -3.59. The summed E-state index contributed by atoms with van der Waals surface area (Å²) < 4.78 is 28.0. The molecule has 0 atom stereocenters. The molecular weight excluding hydrogens is 370 g/mol. The number of aryl methyl sites for hydroxylation is 1. The Kier molecular flexibility index (Phi) is 4.25. The molecule has 0 saturated carbocycles. The van der Waals surface area contributed by atoms with Gasteiger partial charge in [0, 0.05) is 9.90 Å². The third-order valence-electron chi connectivity index (χ3n) is 2.64. The Balaban J connectivity index is 2.42. The van der Waals surface area contributed by atoms with Gasteiger partial charge in [0.05, 0.1) is 9.47 Å². The highest BCUT2D eigenvalue weighted by Gasteiger charge is 2.20. The maximum atomic E-state index is 12.3. The van der Waals surface area contributed by atoms with Crippen LogP contribution in [0.15, 0.2) is 32.9 Å². The Hall–Kier alpha value is -0.560. The van der Waals surface area contributed by atoms with E-state index < -0.39 is 10.0 Å². The number of sulfonamides is 1. The molecule has 102 valence electrons. The lowest BCUT2D eigenvalue weighted by atomic mass is 10.2. The molecule has 0 saturated heterocycles. The predicted octanol–water partition coefficient (Wildman–Crippen LogP) is 4.58. The molecule has 0 amide bonds. The summed E-state index contributed by atoms with van der Waals surface area (Å²) in [5.74, 6) is 0. The van der Waals surface area contributed by atoms with E-state index in [0.717, 1.165) is 8.66 Å². The average molecular weight is 381 g/mol. The van der Waals surface area contributed by atoms with Gasteiger partial charge in [0.15, 0.2) is 0 Å². The molecule has 0 spiro atoms. The molecule has 0 unspecified atom stereocenters. The van der Waals surface area contributed by atoms with Gasteiger partial charge in [-0.25, -0.2) is 8.42 Å². The lowest BCUT2D eigenvalue weighted by Gasteiger charge is -2.11. The summed E-state index contributed by atoms with van der Waals surface area (Å²) in [5, 5.41) is 0.531. The van der Waals surface area contributed by atoms with E-state index in [-0.39, 0.29) is 4.90 Å². The van der Waals surface area contributed by atoms with E-state index in [1.54, 1.807) is 38.1 Å². The number of hydrogen-bond acceptors (Lipinski definition) is 3. The van der Waals surface area contributed by atoms with Crippen molar-refractivity contribution >= 4 is 54.6 Å². The molecule has 0 aliphatic carbocycles. The molecule has 2 aromatic rings. The zero-order valence-electron chi connectivity index (χ0n) is 10.2. The molecule has 19 heavy (non-hydrogen) atoms. The van der Waals surface area contributed by atoms with Crippen molar-refractivity contribution in [2.75, 3.05) is 4.72 Å². The summed E-state index contributed by atoms with van der Waals surface area (Å²) in [5.41, 5.74) is 1.20. The molecule has 1 aromatic heterocycles. The largest absolute Gasteiger partial charge is 0.279 e. The quantitative estimate of drug-likeness (QED) is 0.847. The van der Waals surface area contributed by atoms with Crippen LogP contribution in [-0.2, 0) is 10.0 Å². The summed E-state index contributed by atoms with van der Waals surface area (Å²) in [6, 6.07) is 6.72. The normalized spacial score (nSPS) is 11.6. The fraction of sp³-hybridized carbons (Fsp3) is 0.167. The Morgan fingerprint density at radius 2 is 2.00 bits per heavy atom. The van der Waals surface area contributed by atoms with Crippen LogP contribution in [0.2, 0.25) is 5.02 Å². The van der Waals surface area contributed by atoms with Gasteiger partial charge >= 0.3 is 0 Å². The van der Waals surface area contributed by atoms with Crippen molar-refractivity contribution in [3.63, 3.8) is 0 Å². The third-order valence-corrected chi connectivity index (χ3v) is 6.23. The molecule has 0 radical (unpaired) electrons. The van der Waals surface area contributed by atoms with E-state index in [1.807, 2.05) is 0 Å². The van der Waals surface area contributed by atoms with Crippen LogP contribution in [0.3, 0.4) is 0 Å². The molecule has 1 heterocycles. The summed E-state index contributed by atoms with van der Waals surface area (Å²) in [4.78, 5) is 1.02.